The van der Waals surface area contributed by atoms with Gasteiger partial charge in [-0.05, 0) is 45.7 Å². The first-order valence-corrected chi connectivity index (χ1v) is 8.54. The molecule has 1 saturated heterocycles. The summed E-state index contributed by atoms with van der Waals surface area (Å²) in [7, 11) is 0. The van der Waals surface area contributed by atoms with Crippen LogP contribution in [0.1, 0.15) is 45.2 Å². The molecule has 0 spiro atoms. The van der Waals surface area contributed by atoms with Crippen molar-refractivity contribution in [1.29, 1.82) is 0 Å². The molecular formula is C16H31IN6. The first-order chi connectivity index (χ1) is 10.8. The second-order valence-corrected chi connectivity index (χ2v) is 5.94. The summed E-state index contributed by atoms with van der Waals surface area (Å²) in [5.41, 5.74) is 1.03. The Balaban J connectivity index is 0.00000264. The van der Waals surface area contributed by atoms with E-state index in [2.05, 4.69) is 44.6 Å². The zero-order valence-electron chi connectivity index (χ0n) is 14.3. The van der Waals surface area contributed by atoms with Crippen molar-refractivity contribution in [3.63, 3.8) is 0 Å². The minimum atomic E-state index is 0. The van der Waals surface area contributed by atoms with E-state index < -0.39 is 0 Å². The van der Waals surface area contributed by atoms with Gasteiger partial charge in [0.1, 0.15) is 0 Å². The summed E-state index contributed by atoms with van der Waals surface area (Å²) >= 11 is 0. The highest BCUT2D eigenvalue weighted by Crippen LogP contribution is 2.15. The van der Waals surface area contributed by atoms with Gasteiger partial charge >= 0.3 is 0 Å². The maximum Gasteiger partial charge on any atom is 0.191 e. The summed E-state index contributed by atoms with van der Waals surface area (Å²) in [4.78, 5) is 7.18. The van der Waals surface area contributed by atoms with Crippen LogP contribution in [-0.2, 0) is 6.54 Å². The number of aliphatic imine (C=N–C) groups is 1. The summed E-state index contributed by atoms with van der Waals surface area (Å²) in [5.74, 6) is 0.879. The molecule has 0 saturated carbocycles. The van der Waals surface area contributed by atoms with Crippen molar-refractivity contribution in [1.82, 2.24) is 25.7 Å². The summed E-state index contributed by atoms with van der Waals surface area (Å²) in [6, 6.07) is 2.70. The zero-order chi connectivity index (χ0) is 15.6. The van der Waals surface area contributed by atoms with Crippen LogP contribution in [0.4, 0.5) is 0 Å². The number of likely N-dealkylation sites (tertiary alicyclic amines) is 1. The number of nitrogens with one attached hydrogen (secondary N) is 3. The van der Waals surface area contributed by atoms with Gasteiger partial charge in [0.05, 0.1) is 12.2 Å². The van der Waals surface area contributed by atoms with Gasteiger partial charge < -0.3 is 15.5 Å². The molecule has 1 fully saturated rings. The van der Waals surface area contributed by atoms with Crippen molar-refractivity contribution < 1.29 is 0 Å². The Morgan fingerprint density at radius 1 is 1.43 bits per heavy atom. The lowest BCUT2D eigenvalue weighted by Gasteiger charge is -2.33. The van der Waals surface area contributed by atoms with Gasteiger partial charge in [0, 0.05) is 31.9 Å². The third-order valence-corrected chi connectivity index (χ3v) is 4.17. The number of H-pyrrole nitrogens is 1. The Morgan fingerprint density at radius 3 is 3.00 bits per heavy atom. The third-order valence-electron chi connectivity index (χ3n) is 4.17. The lowest BCUT2D eigenvalue weighted by Crippen LogP contribution is -2.41. The van der Waals surface area contributed by atoms with E-state index in [9.17, 15) is 0 Å². The minimum Gasteiger partial charge on any atom is -0.357 e. The lowest BCUT2D eigenvalue weighted by molar-refractivity contribution is 0.159. The van der Waals surface area contributed by atoms with Crippen LogP contribution in [0.25, 0.3) is 0 Å². The van der Waals surface area contributed by atoms with Gasteiger partial charge in [0.2, 0.25) is 0 Å². The maximum atomic E-state index is 4.56. The minimum absolute atomic E-state index is 0. The van der Waals surface area contributed by atoms with Crippen LogP contribution in [0.3, 0.4) is 0 Å². The predicted octanol–water partition coefficient (Wildman–Crippen LogP) is 2.35. The average Bonchev–Trinajstić information content (AvgIpc) is 3.04. The molecule has 1 aliphatic heterocycles. The monoisotopic (exact) mass is 434 g/mol. The van der Waals surface area contributed by atoms with Crippen molar-refractivity contribution in [3.05, 3.63) is 18.0 Å². The number of hydrogen-bond donors (Lipinski definition) is 3. The lowest BCUT2D eigenvalue weighted by atomic mass is 10.0. The van der Waals surface area contributed by atoms with Crippen LogP contribution in [0.2, 0.25) is 0 Å². The van der Waals surface area contributed by atoms with Crippen LogP contribution >= 0.6 is 24.0 Å². The van der Waals surface area contributed by atoms with E-state index in [1.165, 1.54) is 32.4 Å². The van der Waals surface area contributed by atoms with Crippen molar-refractivity contribution in [2.45, 2.75) is 52.1 Å². The quantitative estimate of drug-likeness (QED) is 0.267. The fraction of sp³-hybridized carbons (Fsp3) is 0.750. The van der Waals surface area contributed by atoms with Crippen LogP contribution in [0, 0.1) is 0 Å². The molecule has 0 bridgehead atoms. The molecule has 1 aromatic rings. The number of piperidine rings is 1. The molecule has 0 aromatic carbocycles. The number of halogens is 1. The maximum absolute atomic E-state index is 4.56. The summed E-state index contributed by atoms with van der Waals surface area (Å²) in [6.07, 6.45) is 7.00. The summed E-state index contributed by atoms with van der Waals surface area (Å²) < 4.78 is 0. The Hall–Kier alpha value is -0.830. The summed E-state index contributed by atoms with van der Waals surface area (Å²) in [6.45, 7) is 9.32. The number of aromatic amines is 1. The van der Waals surface area contributed by atoms with E-state index in [0.29, 0.717) is 6.54 Å². The standard InChI is InChI=1S/C16H30N6.HI/c1-3-17-16(19-13-15-8-10-20-21-15)18-9-6-12-22-11-5-4-7-14(22)2;/h8,10,14H,3-7,9,11-13H2,1-2H3,(H,20,21)(H2,17,18,19);1H. The number of guanidine groups is 1. The number of rotatable bonds is 7. The topological polar surface area (TPSA) is 68.3 Å². The van der Waals surface area contributed by atoms with Crippen LogP contribution < -0.4 is 10.6 Å². The van der Waals surface area contributed by atoms with Gasteiger partial charge in [-0.1, -0.05) is 6.42 Å². The molecular weight excluding hydrogens is 403 g/mol. The van der Waals surface area contributed by atoms with Crippen molar-refractivity contribution in [3.8, 4) is 0 Å². The SMILES string of the molecule is CCNC(=NCc1ccn[nH]1)NCCCN1CCCCC1C.I. The first kappa shape index (κ1) is 20.2. The molecule has 132 valence electrons. The van der Waals surface area contributed by atoms with Gasteiger partial charge in [-0.3, -0.25) is 5.10 Å². The van der Waals surface area contributed by atoms with Crippen LogP contribution in [0.5, 0.6) is 0 Å². The van der Waals surface area contributed by atoms with Gasteiger partial charge in [-0.15, -0.1) is 24.0 Å². The molecule has 1 unspecified atom stereocenters. The van der Waals surface area contributed by atoms with Crippen molar-refractivity contribution in [2.75, 3.05) is 26.2 Å². The van der Waals surface area contributed by atoms with E-state index >= 15 is 0 Å². The van der Waals surface area contributed by atoms with Crippen molar-refractivity contribution >= 4 is 29.9 Å². The highest BCUT2D eigenvalue weighted by molar-refractivity contribution is 14.0. The highest BCUT2D eigenvalue weighted by atomic mass is 127. The van der Waals surface area contributed by atoms with Crippen molar-refractivity contribution in [2.24, 2.45) is 4.99 Å². The van der Waals surface area contributed by atoms with E-state index in [4.69, 9.17) is 0 Å². The molecule has 1 aliphatic rings. The zero-order valence-corrected chi connectivity index (χ0v) is 16.7. The normalized spacial score (nSPS) is 19.2. The Morgan fingerprint density at radius 2 is 2.30 bits per heavy atom. The molecule has 0 amide bonds. The van der Waals surface area contributed by atoms with Gasteiger partial charge in [0.25, 0.3) is 0 Å². The van der Waals surface area contributed by atoms with Gasteiger partial charge in [-0.25, -0.2) is 4.99 Å². The largest absolute Gasteiger partial charge is 0.357 e. The smallest absolute Gasteiger partial charge is 0.191 e. The molecule has 1 aromatic heterocycles. The second kappa shape index (κ2) is 11.7. The molecule has 0 radical (unpaired) electrons. The van der Waals surface area contributed by atoms with E-state index in [0.717, 1.165) is 37.2 Å². The van der Waals surface area contributed by atoms with Crippen LogP contribution in [-0.4, -0.2) is 53.3 Å². The Kier molecular flexibility index (Phi) is 10.3. The second-order valence-electron chi connectivity index (χ2n) is 5.94. The van der Waals surface area contributed by atoms with Crippen LogP contribution in [0.15, 0.2) is 17.3 Å². The Bertz CT molecular complexity index is 434. The molecule has 2 rings (SSSR count). The Labute approximate surface area is 156 Å². The molecule has 23 heavy (non-hydrogen) atoms. The third kappa shape index (κ3) is 7.52. The molecule has 7 heteroatoms. The molecule has 3 N–H and O–H groups in total. The highest BCUT2D eigenvalue weighted by Gasteiger charge is 2.16. The van der Waals surface area contributed by atoms with E-state index in [1.807, 2.05) is 6.07 Å². The van der Waals surface area contributed by atoms with E-state index in [1.54, 1.807) is 6.20 Å². The molecule has 1 atom stereocenters. The number of hydrogen-bond acceptors (Lipinski definition) is 3. The molecule has 6 nitrogen and oxygen atoms in total. The summed E-state index contributed by atoms with van der Waals surface area (Å²) in [5, 5.41) is 13.6. The fourth-order valence-electron chi connectivity index (χ4n) is 2.86. The predicted molar refractivity (Wildman–Crippen MR) is 106 cm³/mol. The van der Waals surface area contributed by atoms with E-state index in [-0.39, 0.29) is 24.0 Å². The number of nitrogens with zero attached hydrogens (tertiary/aromatic N) is 3. The molecule has 2 heterocycles. The van der Waals surface area contributed by atoms with Gasteiger partial charge in [0.15, 0.2) is 5.96 Å². The molecule has 0 aliphatic carbocycles. The van der Waals surface area contributed by atoms with Gasteiger partial charge in [-0.2, -0.15) is 5.10 Å². The first-order valence-electron chi connectivity index (χ1n) is 8.54. The number of aromatic nitrogens is 2. The fourth-order valence-corrected chi connectivity index (χ4v) is 2.86. The average molecular weight is 434 g/mol.